The molecule has 0 atom stereocenters. The van der Waals surface area contributed by atoms with Gasteiger partial charge in [0, 0.05) is 33.0 Å². The molecule has 0 saturated carbocycles. The van der Waals surface area contributed by atoms with Gasteiger partial charge in [0.2, 0.25) is 0 Å². The summed E-state index contributed by atoms with van der Waals surface area (Å²) in [5.41, 5.74) is 19.9. The molecule has 1 heterocycles. The lowest BCUT2D eigenvalue weighted by Crippen LogP contribution is -2.25. The Kier molecular flexibility index (Phi) is 7.26. The van der Waals surface area contributed by atoms with Crippen molar-refractivity contribution in [3.63, 3.8) is 0 Å². The molecule has 0 bridgehead atoms. The van der Waals surface area contributed by atoms with Crippen molar-refractivity contribution in [2.75, 3.05) is 4.90 Å². The highest BCUT2D eigenvalue weighted by Gasteiger charge is 2.52. The molecule has 1 aromatic heterocycles. The number of furan rings is 1. The molecule has 2 nitrogen and oxygen atoms in total. The first-order valence-electron chi connectivity index (χ1n) is 21.1. The van der Waals surface area contributed by atoms with Gasteiger partial charge in [0.25, 0.3) is 0 Å². The van der Waals surface area contributed by atoms with Crippen molar-refractivity contribution in [3.8, 4) is 44.5 Å². The summed E-state index contributed by atoms with van der Waals surface area (Å²) in [6.07, 6.45) is 0. The Labute approximate surface area is 354 Å². The van der Waals surface area contributed by atoms with E-state index in [1.807, 2.05) is 12.1 Å². The fourth-order valence-electron chi connectivity index (χ4n) is 10.8. The number of para-hydroxylation sites is 3. The van der Waals surface area contributed by atoms with E-state index in [1.165, 1.54) is 66.4 Å². The number of anilines is 3. The second-order valence-electron chi connectivity index (χ2n) is 16.3. The topological polar surface area (TPSA) is 16.4 Å². The number of nitrogens with zero attached hydrogens (tertiary/aromatic N) is 1. The maximum absolute atomic E-state index is 6.49. The molecule has 0 N–H and O–H groups in total. The first-order valence-corrected chi connectivity index (χ1v) is 21.1. The summed E-state index contributed by atoms with van der Waals surface area (Å²) in [5.74, 6) is 0. The summed E-state index contributed by atoms with van der Waals surface area (Å²) in [6, 6.07) is 82.2. The van der Waals surface area contributed by atoms with Crippen LogP contribution in [0.5, 0.6) is 0 Å². The van der Waals surface area contributed by atoms with Crippen molar-refractivity contribution in [1.82, 2.24) is 0 Å². The lowest BCUT2D eigenvalue weighted by atomic mass is 9.70. The average molecular weight is 776 g/mol. The molecule has 0 saturated heterocycles. The number of benzene rings is 10. The summed E-state index contributed by atoms with van der Waals surface area (Å²) in [4.78, 5) is 2.46. The van der Waals surface area contributed by atoms with E-state index >= 15 is 0 Å². The maximum atomic E-state index is 6.49. The Morgan fingerprint density at radius 2 is 0.836 bits per heavy atom. The van der Waals surface area contributed by atoms with E-state index in [0.717, 1.165) is 50.1 Å². The van der Waals surface area contributed by atoms with Gasteiger partial charge in [0.05, 0.1) is 16.8 Å². The Balaban J connectivity index is 1.04. The molecular weight excluding hydrogens is 739 g/mol. The monoisotopic (exact) mass is 775 g/mol. The van der Waals surface area contributed by atoms with Gasteiger partial charge >= 0.3 is 0 Å². The van der Waals surface area contributed by atoms with Gasteiger partial charge in [-0.05, 0) is 91.4 Å². The van der Waals surface area contributed by atoms with Gasteiger partial charge in [0.1, 0.15) is 11.2 Å². The van der Waals surface area contributed by atoms with Crippen LogP contribution in [0.15, 0.2) is 229 Å². The molecule has 0 fully saturated rings. The first kappa shape index (κ1) is 34.0. The van der Waals surface area contributed by atoms with Crippen LogP contribution in [0.3, 0.4) is 0 Å². The van der Waals surface area contributed by atoms with E-state index in [-0.39, 0.29) is 0 Å². The van der Waals surface area contributed by atoms with Gasteiger partial charge in [-0.15, -0.1) is 0 Å². The molecule has 11 aromatic rings. The average Bonchev–Trinajstić information content (AvgIpc) is 3.97. The standard InChI is InChI=1S/C59H37NO/c1-2-18-41-38(16-1)17-13-32-54(41)60(40-36-34-39(35-37-40)42-24-14-26-48-46-22-7-12-33-56(46)61-58(42)48)55-31-11-6-21-45(55)47-25-15-30-53-57(47)49-23-5-10-29-52(49)59(53)50-27-8-3-19-43(50)44-20-4-9-28-51(44)59/h1-37H. The van der Waals surface area contributed by atoms with E-state index in [1.54, 1.807) is 0 Å². The Hall–Kier alpha value is -7.94. The molecule has 284 valence electrons. The molecule has 13 rings (SSSR count). The van der Waals surface area contributed by atoms with Gasteiger partial charge in [-0.3, -0.25) is 0 Å². The van der Waals surface area contributed by atoms with Crippen molar-refractivity contribution in [2.24, 2.45) is 0 Å². The quantitative estimate of drug-likeness (QED) is 0.173. The number of hydrogen-bond acceptors (Lipinski definition) is 2. The largest absolute Gasteiger partial charge is 0.455 e. The van der Waals surface area contributed by atoms with Crippen LogP contribution in [0, 0.1) is 0 Å². The third-order valence-electron chi connectivity index (χ3n) is 13.3. The lowest BCUT2D eigenvalue weighted by Gasteiger charge is -2.31. The van der Waals surface area contributed by atoms with Gasteiger partial charge in [0.15, 0.2) is 0 Å². The highest BCUT2D eigenvalue weighted by atomic mass is 16.3. The van der Waals surface area contributed by atoms with E-state index in [2.05, 4.69) is 217 Å². The number of fused-ring (bicyclic) bond motifs is 14. The third-order valence-corrected chi connectivity index (χ3v) is 13.3. The zero-order valence-corrected chi connectivity index (χ0v) is 33.2. The van der Waals surface area contributed by atoms with Crippen LogP contribution in [0.4, 0.5) is 17.1 Å². The fraction of sp³-hybridized carbons (Fsp3) is 0.0169. The summed E-state index contributed by atoms with van der Waals surface area (Å²) >= 11 is 0. The van der Waals surface area contributed by atoms with Gasteiger partial charge in [-0.2, -0.15) is 0 Å². The van der Waals surface area contributed by atoms with Crippen LogP contribution >= 0.6 is 0 Å². The molecule has 2 heteroatoms. The molecule has 0 radical (unpaired) electrons. The van der Waals surface area contributed by atoms with Crippen LogP contribution in [0.1, 0.15) is 22.3 Å². The van der Waals surface area contributed by atoms with Crippen molar-refractivity contribution < 1.29 is 4.42 Å². The Morgan fingerprint density at radius 3 is 1.62 bits per heavy atom. The molecule has 0 unspecified atom stereocenters. The summed E-state index contributed by atoms with van der Waals surface area (Å²) < 4.78 is 6.49. The number of hydrogen-bond donors (Lipinski definition) is 0. The predicted molar refractivity (Wildman–Crippen MR) is 253 cm³/mol. The van der Waals surface area contributed by atoms with E-state index in [4.69, 9.17) is 4.42 Å². The predicted octanol–water partition coefficient (Wildman–Crippen LogP) is 15.9. The molecule has 1 spiro atoms. The first-order chi connectivity index (χ1) is 30.3. The number of rotatable bonds is 5. The summed E-state index contributed by atoms with van der Waals surface area (Å²) in [5, 5.41) is 4.66. The minimum atomic E-state index is -0.419. The Bertz CT molecular complexity index is 3500. The highest BCUT2D eigenvalue weighted by molar-refractivity contribution is 6.10. The van der Waals surface area contributed by atoms with Crippen molar-refractivity contribution >= 4 is 49.8 Å². The van der Waals surface area contributed by atoms with E-state index < -0.39 is 5.41 Å². The van der Waals surface area contributed by atoms with Crippen molar-refractivity contribution in [1.29, 1.82) is 0 Å². The molecular formula is C59H37NO. The minimum absolute atomic E-state index is 0.419. The minimum Gasteiger partial charge on any atom is -0.455 e. The maximum Gasteiger partial charge on any atom is 0.143 e. The van der Waals surface area contributed by atoms with Crippen molar-refractivity contribution in [2.45, 2.75) is 5.41 Å². The van der Waals surface area contributed by atoms with Crippen LogP contribution in [-0.4, -0.2) is 0 Å². The summed E-state index contributed by atoms with van der Waals surface area (Å²) in [6.45, 7) is 0. The van der Waals surface area contributed by atoms with Crippen LogP contribution < -0.4 is 4.90 Å². The van der Waals surface area contributed by atoms with E-state index in [0.29, 0.717) is 0 Å². The fourth-order valence-corrected chi connectivity index (χ4v) is 10.8. The van der Waals surface area contributed by atoms with E-state index in [9.17, 15) is 0 Å². The molecule has 61 heavy (non-hydrogen) atoms. The van der Waals surface area contributed by atoms with Crippen LogP contribution in [-0.2, 0) is 5.41 Å². The molecule has 2 aliphatic carbocycles. The third kappa shape index (κ3) is 4.73. The highest BCUT2D eigenvalue weighted by Crippen LogP contribution is 2.64. The zero-order valence-electron chi connectivity index (χ0n) is 33.2. The summed E-state index contributed by atoms with van der Waals surface area (Å²) in [7, 11) is 0. The van der Waals surface area contributed by atoms with Gasteiger partial charge in [-0.1, -0.05) is 194 Å². The molecule has 2 aliphatic rings. The molecule has 0 aliphatic heterocycles. The van der Waals surface area contributed by atoms with Crippen molar-refractivity contribution in [3.05, 3.63) is 247 Å². The SMILES string of the molecule is c1ccc(N(c2ccc(-c3cccc4c3oc3ccccc34)cc2)c2cccc3ccccc23)c(-c2cccc3c2-c2ccccc2C32c3ccccc3-c3ccccc32)c1. The van der Waals surface area contributed by atoms with Gasteiger partial charge < -0.3 is 9.32 Å². The van der Waals surface area contributed by atoms with Gasteiger partial charge in [-0.25, -0.2) is 0 Å². The second kappa shape index (κ2) is 13.0. The zero-order chi connectivity index (χ0) is 40.1. The van der Waals surface area contributed by atoms with Crippen LogP contribution in [0.25, 0.3) is 77.2 Å². The second-order valence-corrected chi connectivity index (χ2v) is 16.3. The Morgan fingerprint density at radius 1 is 0.328 bits per heavy atom. The molecule has 0 amide bonds. The van der Waals surface area contributed by atoms with Crippen LogP contribution in [0.2, 0.25) is 0 Å². The normalized spacial score (nSPS) is 13.0. The molecule has 10 aromatic carbocycles. The lowest BCUT2D eigenvalue weighted by molar-refractivity contribution is 0.670. The smallest absolute Gasteiger partial charge is 0.143 e.